The third kappa shape index (κ3) is 4.07. The van der Waals surface area contributed by atoms with Crippen molar-refractivity contribution in [1.82, 2.24) is 19.7 Å². The number of thiazole rings is 1. The number of anilines is 1. The summed E-state index contributed by atoms with van der Waals surface area (Å²) >= 11 is 1.38. The Morgan fingerprint density at radius 1 is 1.17 bits per heavy atom. The average molecular weight is 410 g/mol. The van der Waals surface area contributed by atoms with Gasteiger partial charge in [-0.1, -0.05) is 0 Å². The van der Waals surface area contributed by atoms with Gasteiger partial charge in [-0.25, -0.2) is 9.67 Å². The van der Waals surface area contributed by atoms with E-state index in [1.807, 2.05) is 48.9 Å². The number of likely N-dealkylation sites (tertiary alicyclic amines) is 1. The fraction of sp³-hybridized carbons (Fsp3) is 0.333. The summed E-state index contributed by atoms with van der Waals surface area (Å²) in [5, 5.41) is 9.16. The smallest absolute Gasteiger partial charge is 0.274 e. The number of nitrogens with one attached hydrogen (secondary N) is 1. The number of benzene rings is 1. The Hall–Kier alpha value is -3.00. The molecule has 7 nitrogen and oxygen atoms in total. The number of aromatic nitrogens is 3. The summed E-state index contributed by atoms with van der Waals surface area (Å²) in [6.45, 7) is 4.54. The molecule has 3 aromatic rings. The molecule has 1 atom stereocenters. The van der Waals surface area contributed by atoms with E-state index >= 15 is 0 Å². The third-order valence-corrected chi connectivity index (χ3v) is 5.69. The van der Waals surface area contributed by atoms with Crippen molar-refractivity contribution in [3.8, 4) is 5.69 Å². The van der Waals surface area contributed by atoms with Crippen molar-refractivity contribution in [3.63, 3.8) is 0 Å². The van der Waals surface area contributed by atoms with Crippen molar-refractivity contribution in [2.45, 2.75) is 39.2 Å². The Bertz CT molecular complexity index is 1010. The van der Waals surface area contributed by atoms with Crippen LogP contribution >= 0.6 is 11.3 Å². The topological polar surface area (TPSA) is 80.1 Å². The molecule has 3 heterocycles. The number of hydrogen-bond donors (Lipinski definition) is 1. The molecule has 1 aliphatic rings. The normalized spacial score (nSPS) is 16.6. The zero-order valence-corrected chi connectivity index (χ0v) is 17.3. The maximum Gasteiger partial charge on any atom is 0.274 e. The van der Waals surface area contributed by atoms with Gasteiger partial charge < -0.3 is 10.2 Å². The molecule has 0 radical (unpaired) electrons. The highest BCUT2D eigenvalue weighted by Gasteiger charge is 2.33. The zero-order valence-electron chi connectivity index (χ0n) is 16.5. The standard InChI is InChI=1S/C21H23N5O2S/c1-14-11-15(2)26(24-14)17-8-6-16(7-9-17)23-20(27)19-5-3-4-10-25(19)21(28)18-12-29-13-22-18/h6-9,11-13,19H,3-5,10H2,1-2H3,(H,23,27)/t19-/m1/s1. The molecule has 1 saturated heterocycles. The fourth-order valence-corrected chi connectivity index (χ4v) is 4.24. The maximum atomic E-state index is 12.9. The molecule has 1 N–H and O–H groups in total. The second-order valence-corrected chi connectivity index (χ2v) is 7.98. The van der Waals surface area contributed by atoms with E-state index in [1.54, 1.807) is 15.8 Å². The van der Waals surface area contributed by atoms with Gasteiger partial charge in [0.05, 0.1) is 16.9 Å². The van der Waals surface area contributed by atoms with E-state index in [4.69, 9.17) is 0 Å². The number of hydrogen-bond acceptors (Lipinski definition) is 5. The van der Waals surface area contributed by atoms with Crippen LogP contribution in [0.4, 0.5) is 5.69 Å². The quantitative estimate of drug-likeness (QED) is 0.714. The highest BCUT2D eigenvalue weighted by Crippen LogP contribution is 2.22. The molecule has 0 saturated carbocycles. The van der Waals surface area contributed by atoms with E-state index < -0.39 is 6.04 Å². The van der Waals surface area contributed by atoms with Crippen LogP contribution in [-0.4, -0.2) is 44.1 Å². The Kier molecular flexibility index (Phi) is 5.44. The number of aryl methyl sites for hydroxylation is 2. The fourth-order valence-electron chi connectivity index (χ4n) is 3.71. The molecule has 1 aromatic carbocycles. The molecule has 0 aliphatic carbocycles. The van der Waals surface area contributed by atoms with Crippen molar-refractivity contribution < 1.29 is 9.59 Å². The van der Waals surface area contributed by atoms with Gasteiger partial charge in [0.1, 0.15) is 11.7 Å². The van der Waals surface area contributed by atoms with Crippen LogP contribution in [0.15, 0.2) is 41.2 Å². The average Bonchev–Trinajstić information content (AvgIpc) is 3.37. The van der Waals surface area contributed by atoms with Crippen LogP contribution in [0.3, 0.4) is 0 Å². The molecule has 2 amide bonds. The summed E-state index contributed by atoms with van der Waals surface area (Å²) < 4.78 is 1.87. The first-order chi connectivity index (χ1) is 14.0. The van der Waals surface area contributed by atoms with Gasteiger partial charge in [0.15, 0.2) is 0 Å². The minimum Gasteiger partial charge on any atom is -0.325 e. The van der Waals surface area contributed by atoms with Crippen molar-refractivity contribution in [2.75, 3.05) is 11.9 Å². The third-order valence-electron chi connectivity index (χ3n) is 5.11. The van der Waals surface area contributed by atoms with Crippen molar-refractivity contribution >= 4 is 28.8 Å². The number of nitrogens with zero attached hydrogens (tertiary/aromatic N) is 4. The summed E-state index contributed by atoms with van der Waals surface area (Å²) in [5.41, 5.74) is 5.69. The predicted molar refractivity (Wildman–Crippen MR) is 112 cm³/mol. The number of carbonyl (C=O) groups excluding carboxylic acids is 2. The summed E-state index contributed by atoms with van der Waals surface area (Å²) in [6.07, 6.45) is 2.48. The van der Waals surface area contributed by atoms with Gasteiger partial charge in [-0.05, 0) is 63.4 Å². The largest absolute Gasteiger partial charge is 0.325 e. The van der Waals surface area contributed by atoms with Crippen LogP contribution < -0.4 is 5.32 Å². The molecule has 0 unspecified atom stereocenters. The molecular weight excluding hydrogens is 386 g/mol. The van der Waals surface area contributed by atoms with Crippen LogP contribution in [-0.2, 0) is 4.79 Å². The summed E-state index contributed by atoms with van der Waals surface area (Å²) in [6, 6.07) is 9.11. The lowest BCUT2D eigenvalue weighted by Crippen LogP contribution is -2.50. The Morgan fingerprint density at radius 3 is 2.62 bits per heavy atom. The Balaban J connectivity index is 1.47. The van der Waals surface area contributed by atoms with E-state index in [0.29, 0.717) is 24.3 Å². The monoisotopic (exact) mass is 409 g/mol. The minimum absolute atomic E-state index is 0.160. The lowest BCUT2D eigenvalue weighted by Gasteiger charge is -2.34. The molecule has 4 rings (SSSR count). The second-order valence-electron chi connectivity index (χ2n) is 7.26. The SMILES string of the molecule is Cc1cc(C)n(-c2ccc(NC(=O)[C@H]3CCCCN3C(=O)c3cscn3)cc2)n1. The lowest BCUT2D eigenvalue weighted by atomic mass is 10.0. The van der Waals surface area contributed by atoms with Gasteiger partial charge in [0.2, 0.25) is 5.91 Å². The zero-order chi connectivity index (χ0) is 20.4. The van der Waals surface area contributed by atoms with E-state index in [0.717, 1.165) is 29.9 Å². The lowest BCUT2D eigenvalue weighted by molar-refractivity contribution is -0.121. The summed E-state index contributed by atoms with van der Waals surface area (Å²) in [7, 11) is 0. The van der Waals surface area contributed by atoms with Gasteiger partial charge in [-0.2, -0.15) is 5.10 Å². The molecule has 2 aromatic heterocycles. The number of carbonyl (C=O) groups is 2. The Labute approximate surface area is 173 Å². The van der Waals surface area contributed by atoms with E-state index in [-0.39, 0.29) is 11.8 Å². The van der Waals surface area contributed by atoms with Gasteiger partial charge in [-0.15, -0.1) is 11.3 Å². The molecule has 150 valence electrons. The highest BCUT2D eigenvalue weighted by molar-refractivity contribution is 7.07. The van der Waals surface area contributed by atoms with Crippen LogP contribution in [0.1, 0.15) is 41.1 Å². The van der Waals surface area contributed by atoms with Crippen LogP contribution in [0.25, 0.3) is 5.69 Å². The molecule has 0 spiro atoms. The molecule has 8 heteroatoms. The first-order valence-corrected chi connectivity index (χ1v) is 10.6. The van der Waals surface area contributed by atoms with E-state index in [2.05, 4.69) is 15.4 Å². The van der Waals surface area contributed by atoms with Crippen molar-refractivity contribution in [2.24, 2.45) is 0 Å². The van der Waals surface area contributed by atoms with Gasteiger partial charge >= 0.3 is 0 Å². The first kappa shape index (κ1) is 19.3. The van der Waals surface area contributed by atoms with Gasteiger partial charge in [-0.3, -0.25) is 9.59 Å². The van der Waals surface area contributed by atoms with Crippen LogP contribution in [0.5, 0.6) is 0 Å². The summed E-state index contributed by atoms with van der Waals surface area (Å²) in [4.78, 5) is 31.4. The predicted octanol–water partition coefficient (Wildman–Crippen LogP) is 3.58. The second kappa shape index (κ2) is 8.16. The molecule has 1 aliphatic heterocycles. The minimum atomic E-state index is -0.478. The van der Waals surface area contributed by atoms with Crippen molar-refractivity contribution in [1.29, 1.82) is 0 Å². The van der Waals surface area contributed by atoms with E-state index in [9.17, 15) is 9.59 Å². The molecule has 1 fully saturated rings. The van der Waals surface area contributed by atoms with Crippen molar-refractivity contribution in [3.05, 3.63) is 58.3 Å². The highest BCUT2D eigenvalue weighted by atomic mass is 32.1. The van der Waals surface area contributed by atoms with Crippen LogP contribution in [0, 0.1) is 13.8 Å². The number of amides is 2. The molecular formula is C21H23N5O2S. The van der Waals surface area contributed by atoms with Gasteiger partial charge in [0, 0.05) is 23.3 Å². The van der Waals surface area contributed by atoms with E-state index in [1.165, 1.54) is 11.3 Å². The van der Waals surface area contributed by atoms with Crippen LogP contribution in [0.2, 0.25) is 0 Å². The maximum absolute atomic E-state index is 12.9. The molecule has 0 bridgehead atoms. The number of rotatable bonds is 4. The first-order valence-electron chi connectivity index (χ1n) is 9.66. The summed E-state index contributed by atoms with van der Waals surface area (Å²) in [5.74, 6) is -0.335. The Morgan fingerprint density at radius 2 is 1.97 bits per heavy atom. The molecule has 29 heavy (non-hydrogen) atoms. The van der Waals surface area contributed by atoms with Gasteiger partial charge in [0.25, 0.3) is 5.91 Å². The number of piperidine rings is 1.